The van der Waals surface area contributed by atoms with Gasteiger partial charge in [0.05, 0.1) is 5.75 Å². The van der Waals surface area contributed by atoms with Gasteiger partial charge in [0, 0.05) is 21.3 Å². The Bertz CT molecular complexity index is 675. The molecule has 0 saturated heterocycles. The van der Waals surface area contributed by atoms with E-state index in [-0.39, 0.29) is 23.4 Å². The van der Waals surface area contributed by atoms with E-state index in [0.29, 0.717) is 16.4 Å². The number of carbonyl (C=O) groups is 2. The topological polar surface area (TPSA) is 58.2 Å². The number of hydrogen-bond acceptors (Lipinski definition) is 3. The molecule has 4 nitrogen and oxygen atoms in total. The number of anilines is 2. The van der Waals surface area contributed by atoms with Gasteiger partial charge in [-0.3, -0.25) is 9.59 Å². The number of hydrogen-bond donors (Lipinski definition) is 2. The SMILES string of the molecule is O=C(CCl)Nc1ccc(SCC(=O)Nc2ccc(Cl)cc2)cc1. The summed E-state index contributed by atoms with van der Waals surface area (Å²) in [5.41, 5.74) is 1.38. The van der Waals surface area contributed by atoms with Crippen LogP contribution in [0.25, 0.3) is 0 Å². The number of halogens is 2. The molecule has 2 N–H and O–H groups in total. The minimum Gasteiger partial charge on any atom is -0.325 e. The highest BCUT2D eigenvalue weighted by Gasteiger charge is 2.05. The van der Waals surface area contributed by atoms with Crippen molar-refractivity contribution in [2.24, 2.45) is 0 Å². The van der Waals surface area contributed by atoms with Crippen LogP contribution in [0.4, 0.5) is 11.4 Å². The summed E-state index contributed by atoms with van der Waals surface area (Å²) in [4.78, 5) is 24.0. The van der Waals surface area contributed by atoms with Crippen LogP contribution in [0.15, 0.2) is 53.4 Å². The van der Waals surface area contributed by atoms with Gasteiger partial charge < -0.3 is 10.6 Å². The van der Waals surface area contributed by atoms with Gasteiger partial charge in [0.1, 0.15) is 5.88 Å². The lowest BCUT2D eigenvalue weighted by molar-refractivity contribution is -0.114. The molecule has 0 aliphatic heterocycles. The van der Waals surface area contributed by atoms with Gasteiger partial charge in [0.25, 0.3) is 0 Å². The first kappa shape index (κ1) is 17.7. The van der Waals surface area contributed by atoms with Gasteiger partial charge in [0.2, 0.25) is 11.8 Å². The zero-order valence-electron chi connectivity index (χ0n) is 12.0. The second-order valence-electron chi connectivity index (χ2n) is 4.55. The van der Waals surface area contributed by atoms with Gasteiger partial charge in [-0.15, -0.1) is 23.4 Å². The second kappa shape index (κ2) is 8.82. The Morgan fingerprint density at radius 1 is 0.870 bits per heavy atom. The molecule has 23 heavy (non-hydrogen) atoms. The number of amides is 2. The third-order valence-electron chi connectivity index (χ3n) is 2.76. The lowest BCUT2D eigenvalue weighted by Gasteiger charge is -2.06. The van der Waals surface area contributed by atoms with E-state index in [4.69, 9.17) is 23.2 Å². The van der Waals surface area contributed by atoms with Crippen molar-refractivity contribution in [3.05, 3.63) is 53.6 Å². The van der Waals surface area contributed by atoms with E-state index < -0.39 is 0 Å². The molecule has 0 unspecified atom stereocenters. The van der Waals surface area contributed by atoms with Crippen molar-refractivity contribution < 1.29 is 9.59 Å². The van der Waals surface area contributed by atoms with Crippen LogP contribution in [0, 0.1) is 0 Å². The monoisotopic (exact) mass is 368 g/mol. The molecule has 0 radical (unpaired) electrons. The van der Waals surface area contributed by atoms with Crippen molar-refractivity contribution in [1.82, 2.24) is 0 Å². The van der Waals surface area contributed by atoms with Crippen molar-refractivity contribution in [2.75, 3.05) is 22.3 Å². The molecule has 0 saturated carbocycles. The fourth-order valence-corrected chi connectivity index (χ4v) is 2.60. The highest BCUT2D eigenvalue weighted by Crippen LogP contribution is 2.21. The first-order valence-electron chi connectivity index (χ1n) is 6.71. The average molecular weight is 369 g/mol. The minimum absolute atomic E-state index is 0.0820. The predicted octanol–water partition coefficient (Wildman–Crippen LogP) is 4.25. The molecule has 2 aromatic rings. The lowest BCUT2D eigenvalue weighted by Crippen LogP contribution is -2.14. The quantitative estimate of drug-likeness (QED) is 0.591. The zero-order valence-corrected chi connectivity index (χ0v) is 14.3. The standard InChI is InChI=1S/C16H14Cl2N2O2S/c17-9-15(21)19-13-5-7-14(8-6-13)23-10-16(22)20-12-3-1-11(18)2-4-12/h1-8H,9-10H2,(H,19,21)(H,20,22). The van der Waals surface area contributed by atoms with Gasteiger partial charge in [-0.25, -0.2) is 0 Å². The predicted molar refractivity (Wildman–Crippen MR) is 96.6 cm³/mol. The van der Waals surface area contributed by atoms with Crippen LogP contribution < -0.4 is 10.6 Å². The molecule has 2 amide bonds. The Hall–Kier alpha value is -1.69. The van der Waals surface area contributed by atoms with Crippen LogP contribution in [-0.2, 0) is 9.59 Å². The summed E-state index contributed by atoms with van der Waals surface area (Å²) >= 11 is 12.6. The van der Waals surface area contributed by atoms with Gasteiger partial charge in [-0.05, 0) is 48.5 Å². The summed E-state index contributed by atoms with van der Waals surface area (Å²) in [6, 6.07) is 14.1. The summed E-state index contributed by atoms with van der Waals surface area (Å²) < 4.78 is 0. The molecule has 0 bridgehead atoms. The maximum atomic E-state index is 11.9. The maximum Gasteiger partial charge on any atom is 0.239 e. The van der Waals surface area contributed by atoms with E-state index in [1.807, 2.05) is 12.1 Å². The molecule has 0 atom stereocenters. The Morgan fingerprint density at radius 2 is 1.39 bits per heavy atom. The number of rotatable bonds is 6. The smallest absolute Gasteiger partial charge is 0.239 e. The van der Waals surface area contributed by atoms with Gasteiger partial charge in [-0.2, -0.15) is 0 Å². The number of benzene rings is 2. The molecular weight excluding hydrogens is 355 g/mol. The maximum absolute atomic E-state index is 11.9. The Morgan fingerprint density at radius 3 is 1.96 bits per heavy atom. The molecule has 0 aromatic heterocycles. The van der Waals surface area contributed by atoms with Crippen molar-refractivity contribution in [1.29, 1.82) is 0 Å². The molecule has 0 aliphatic rings. The summed E-state index contributed by atoms with van der Waals surface area (Å²) in [6.45, 7) is 0. The molecule has 0 heterocycles. The average Bonchev–Trinajstić information content (AvgIpc) is 2.56. The van der Waals surface area contributed by atoms with Crippen LogP contribution in [-0.4, -0.2) is 23.4 Å². The van der Waals surface area contributed by atoms with E-state index in [2.05, 4.69) is 10.6 Å². The molecule has 2 aromatic carbocycles. The van der Waals surface area contributed by atoms with Crippen LogP contribution in [0.3, 0.4) is 0 Å². The van der Waals surface area contributed by atoms with E-state index in [1.165, 1.54) is 11.8 Å². The van der Waals surface area contributed by atoms with Crippen LogP contribution in [0.5, 0.6) is 0 Å². The van der Waals surface area contributed by atoms with Crippen LogP contribution in [0.2, 0.25) is 5.02 Å². The molecule has 0 spiro atoms. The fraction of sp³-hybridized carbons (Fsp3) is 0.125. The van der Waals surface area contributed by atoms with E-state index >= 15 is 0 Å². The molecule has 0 aliphatic carbocycles. The van der Waals surface area contributed by atoms with Crippen molar-refractivity contribution >= 4 is 58.2 Å². The first-order chi connectivity index (χ1) is 11.1. The van der Waals surface area contributed by atoms with Gasteiger partial charge in [-0.1, -0.05) is 11.6 Å². The fourth-order valence-electron chi connectivity index (χ4n) is 1.71. The van der Waals surface area contributed by atoms with Crippen molar-refractivity contribution in [2.45, 2.75) is 4.90 Å². The molecular formula is C16H14Cl2N2O2S. The lowest BCUT2D eigenvalue weighted by atomic mass is 10.3. The second-order valence-corrected chi connectivity index (χ2v) is 6.30. The Labute approximate surface area is 148 Å². The number of nitrogens with one attached hydrogen (secondary N) is 2. The molecule has 2 rings (SSSR count). The van der Waals surface area contributed by atoms with E-state index in [9.17, 15) is 9.59 Å². The largest absolute Gasteiger partial charge is 0.325 e. The highest BCUT2D eigenvalue weighted by molar-refractivity contribution is 8.00. The Balaban J connectivity index is 1.82. The molecule has 0 fully saturated rings. The highest BCUT2D eigenvalue weighted by atomic mass is 35.5. The van der Waals surface area contributed by atoms with Crippen molar-refractivity contribution in [3.63, 3.8) is 0 Å². The van der Waals surface area contributed by atoms with E-state index in [1.54, 1.807) is 36.4 Å². The number of carbonyl (C=O) groups excluding carboxylic acids is 2. The first-order valence-corrected chi connectivity index (χ1v) is 8.61. The number of thioether (sulfide) groups is 1. The van der Waals surface area contributed by atoms with Crippen molar-refractivity contribution in [3.8, 4) is 0 Å². The molecule has 120 valence electrons. The normalized spacial score (nSPS) is 10.2. The van der Waals surface area contributed by atoms with E-state index in [0.717, 1.165) is 4.90 Å². The summed E-state index contributed by atoms with van der Waals surface area (Å²) in [5.74, 6) is -0.150. The zero-order chi connectivity index (χ0) is 16.7. The Kier molecular flexibility index (Phi) is 6.77. The minimum atomic E-state index is -0.255. The summed E-state index contributed by atoms with van der Waals surface area (Å²) in [6.07, 6.45) is 0. The third kappa shape index (κ3) is 6.14. The van der Waals surface area contributed by atoms with Crippen LogP contribution >= 0.6 is 35.0 Å². The molecule has 7 heteroatoms. The summed E-state index contributed by atoms with van der Waals surface area (Å²) in [5, 5.41) is 6.07. The van der Waals surface area contributed by atoms with Gasteiger partial charge in [0.15, 0.2) is 0 Å². The third-order valence-corrected chi connectivity index (χ3v) is 4.26. The van der Waals surface area contributed by atoms with Gasteiger partial charge >= 0.3 is 0 Å². The number of alkyl halides is 1. The van der Waals surface area contributed by atoms with Crippen LogP contribution in [0.1, 0.15) is 0 Å². The summed E-state index contributed by atoms with van der Waals surface area (Å²) in [7, 11) is 0.